The van der Waals surface area contributed by atoms with Gasteiger partial charge in [-0.25, -0.2) is 0 Å². The van der Waals surface area contributed by atoms with Crippen LogP contribution in [0.25, 0.3) is 0 Å². The molecule has 0 aliphatic carbocycles. The van der Waals surface area contributed by atoms with E-state index in [-0.39, 0.29) is 11.9 Å². The Hall–Kier alpha value is -2.11. The molecule has 0 unspecified atom stereocenters. The number of carbonyl (C=O) groups excluding carboxylic acids is 1. The maximum absolute atomic E-state index is 12.6. The third-order valence-corrected chi connectivity index (χ3v) is 4.11. The van der Waals surface area contributed by atoms with E-state index in [9.17, 15) is 4.79 Å². The molecule has 1 saturated heterocycles. The number of carbonyl (C=O) groups is 1. The van der Waals surface area contributed by atoms with Crippen LogP contribution in [0.2, 0.25) is 5.02 Å². The number of piperazine rings is 1. The molecule has 3 rings (SSSR count). The van der Waals surface area contributed by atoms with Gasteiger partial charge in [0.2, 0.25) is 0 Å². The van der Waals surface area contributed by atoms with E-state index in [1.54, 1.807) is 42.7 Å². The van der Waals surface area contributed by atoms with Crippen LogP contribution in [0.1, 0.15) is 17.3 Å². The maximum Gasteiger partial charge on any atom is 0.254 e. The second-order valence-corrected chi connectivity index (χ2v) is 5.89. The van der Waals surface area contributed by atoms with Crippen LogP contribution in [-0.2, 0) is 0 Å². The summed E-state index contributed by atoms with van der Waals surface area (Å²) in [6, 6.07) is 8.80. The number of nitrogens with zero attached hydrogens (tertiary/aromatic N) is 2. The highest BCUT2D eigenvalue weighted by Crippen LogP contribution is 2.30. The van der Waals surface area contributed by atoms with Gasteiger partial charge in [0.25, 0.3) is 5.91 Å². The highest BCUT2D eigenvalue weighted by Gasteiger charge is 2.24. The van der Waals surface area contributed by atoms with Gasteiger partial charge >= 0.3 is 0 Å². The predicted molar refractivity (Wildman–Crippen MR) is 89.1 cm³/mol. The quantitative estimate of drug-likeness (QED) is 0.939. The first kappa shape index (κ1) is 15.8. The smallest absolute Gasteiger partial charge is 0.254 e. The normalized spacial score (nSPS) is 17.8. The average Bonchev–Trinajstić information content (AvgIpc) is 2.57. The first-order chi connectivity index (χ1) is 11.1. The number of halogens is 1. The van der Waals surface area contributed by atoms with Gasteiger partial charge in [-0.05, 0) is 37.3 Å². The molecule has 1 atom stereocenters. The molecule has 120 valence electrons. The van der Waals surface area contributed by atoms with E-state index in [2.05, 4.69) is 10.3 Å². The van der Waals surface area contributed by atoms with Crippen molar-refractivity contribution in [3.05, 3.63) is 53.3 Å². The highest BCUT2D eigenvalue weighted by molar-refractivity contribution is 6.32. The first-order valence-electron chi connectivity index (χ1n) is 7.54. The molecule has 0 saturated carbocycles. The molecule has 1 aliphatic rings. The number of hydrogen-bond acceptors (Lipinski definition) is 4. The van der Waals surface area contributed by atoms with Crippen LogP contribution in [0.3, 0.4) is 0 Å². The van der Waals surface area contributed by atoms with E-state index in [4.69, 9.17) is 16.3 Å². The molecule has 1 aliphatic heterocycles. The molecule has 0 radical (unpaired) electrons. The van der Waals surface area contributed by atoms with Crippen molar-refractivity contribution >= 4 is 17.5 Å². The predicted octanol–water partition coefficient (Wildman–Crippen LogP) is 2.96. The molecule has 1 fully saturated rings. The summed E-state index contributed by atoms with van der Waals surface area (Å²) in [5, 5.41) is 3.69. The molecular formula is C17H18ClN3O2. The summed E-state index contributed by atoms with van der Waals surface area (Å²) < 4.78 is 5.70. The van der Waals surface area contributed by atoms with E-state index in [0.29, 0.717) is 28.6 Å². The van der Waals surface area contributed by atoms with Crippen molar-refractivity contribution in [2.45, 2.75) is 13.0 Å². The Morgan fingerprint density at radius 1 is 1.35 bits per heavy atom. The van der Waals surface area contributed by atoms with Crippen LogP contribution >= 0.6 is 11.6 Å². The van der Waals surface area contributed by atoms with Crippen molar-refractivity contribution in [1.29, 1.82) is 0 Å². The van der Waals surface area contributed by atoms with Gasteiger partial charge in [-0.3, -0.25) is 9.78 Å². The summed E-state index contributed by atoms with van der Waals surface area (Å²) in [5.74, 6) is 1.16. The van der Waals surface area contributed by atoms with E-state index in [1.807, 2.05) is 11.8 Å². The summed E-state index contributed by atoms with van der Waals surface area (Å²) in [6.45, 7) is 4.36. The Morgan fingerprint density at radius 2 is 2.13 bits per heavy atom. The van der Waals surface area contributed by atoms with Crippen LogP contribution < -0.4 is 10.1 Å². The van der Waals surface area contributed by atoms with Gasteiger partial charge in [0.15, 0.2) is 0 Å². The molecular weight excluding hydrogens is 314 g/mol. The van der Waals surface area contributed by atoms with Gasteiger partial charge in [-0.15, -0.1) is 0 Å². The number of pyridine rings is 1. The lowest BCUT2D eigenvalue weighted by Gasteiger charge is -2.34. The third kappa shape index (κ3) is 3.63. The number of amides is 1. The van der Waals surface area contributed by atoms with Crippen molar-refractivity contribution < 1.29 is 9.53 Å². The fraction of sp³-hybridized carbons (Fsp3) is 0.294. The Kier molecular flexibility index (Phi) is 4.79. The third-order valence-electron chi connectivity index (χ3n) is 3.82. The average molecular weight is 332 g/mol. The molecule has 0 spiro atoms. The molecule has 1 aromatic heterocycles. The summed E-state index contributed by atoms with van der Waals surface area (Å²) in [4.78, 5) is 18.4. The Balaban J connectivity index is 1.77. The van der Waals surface area contributed by atoms with E-state index in [1.165, 1.54) is 0 Å². The molecule has 2 aromatic rings. The van der Waals surface area contributed by atoms with Gasteiger partial charge in [0.1, 0.15) is 11.5 Å². The van der Waals surface area contributed by atoms with Crippen molar-refractivity contribution in [3.63, 3.8) is 0 Å². The van der Waals surface area contributed by atoms with Gasteiger partial charge in [0, 0.05) is 43.6 Å². The first-order valence-corrected chi connectivity index (χ1v) is 7.92. The molecule has 2 heterocycles. The van der Waals surface area contributed by atoms with Crippen LogP contribution in [0.4, 0.5) is 0 Å². The van der Waals surface area contributed by atoms with Crippen LogP contribution in [0.15, 0.2) is 42.7 Å². The van der Waals surface area contributed by atoms with Crippen LogP contribution in [-0.4, -0.2) is 41.5 Å². The molecule has 1 amide bonds. The Morgan fingerprint density at radius 3 is 2.83 bits per heavy atom. The second-order valence-electron chi connectivity index (χ2n) is 5.48. The molecule has 1 aromatic carbocycles. The number of aromatic nitrogens is 1. The number of hydrogen-bond donors (Lipinski definition) is 1. The topological polar surface area (TPSA) is 54.5 Å². The van der Waals surface area contributed by atoms with Gasteiger partial charge in [-0.1, -0.05) is 11.6 Å². The van der Waals surface area contributed by atoms with Crippen LogP contribution in [0, 0.1) is 0 Å². The summed E-state index contributed by atoms with van der Waals surface area (Å²) in [5.41, 5.74) is 0.575. The minimum atomic E-state index is -0.00337. The lowest BCUT2D eigenvalue weighted by molar-refractivity contribution is 0.0656. The van der Waals surface area contributed by atoms with Crippen molar-refractivity contribution in [3.8, 4) is 11.5 Å². The number of nitrogens with one attached hydrogen (secondary N) is 1. The van der Waals surface area contributed by atoms with E-state index < -0.39 is 0 Å². The molecule has 0 bridgehead atoms. The maximum atomic E-state index is 12.6. The second kappa shape index (κ2) is 6.98. The SMILES string of the molecule is C[C@@H]1CNCCN1C(=O)c1ccc(Oc2ccncc2)c(Cl)c1. The van der Waals surface area contributed by atoms with Gasteiger partial charge in [0.05, 0.1) is 5.02 Å². The lowest BCUT2D eigenvalue weighted by Crippen LogP contribution is -2.52. The highest BCUT2D eigenvalue weighted by atomic mass is 35.5. The zero-order valence-electron chi connectivity index (χ0n) is 12.8. The van der Waals surface area contributed by atoms with Crippen molar-refractivity contribution in [2.24, 2.45) is 0 Å². The van der Waals surface area contributed by atoms with Gasteiger partial charge < -0.3 is 15.0 Å². The molecule has 23 heavy (non-hydrogen) atoms. The van der Waals surface area contributed by atoms with E-state index >= 15 is 0 Å². The Labute approximate surface area is 140 Å². The summed E-state index contributed by atoms with van der Waals surface area (Å²) in [7, 11) is 0. The number of rotatable bonds is 3. The monoisotopic (exact) mass is 331 g/mol. The lowest BCUT2D eigenvalue weighted by atomic mass is 10.1. The summed E-state index contributed by atoms with van der Waals surface area (Å²) in [6.07, 6.45) is 3.29. The number of ether oxygens (including phenoxy) is 1. The van der Waals surface area contributed by atoms with Gasteiger partial charge in [-0.2, -0.15) is 0 Å². The zero-order chi connectivity index (χ0) is 16.2. The fourth-order valence-electron chi connectivity index (χ4n) is 2.56. The fourth-order valence-corrected chi connectivity index (χ4v) is 2.78. The van der Waals surface area contributed by atoms with E-state index in [0.717, 1.165) is 13.1 Å². The zero-order valence-corrected chi connectivity index (χ0v) is 13.6. The Bertz CT molecular complexity index is 693. The standard InChI is InChI=1S/C17H18ClN3O2/c1-12-11-20-8-9-21(12)17(22)13-2-3-16(15(18)10-13)23-14-4-6-19-7-5-14/h2-7,10,12,20H,8-9,11H2,1H3/t12-/m1/s1. The molecule has 6 heteroatoms. The largest absolute Gasteiger partial charge is 0.456 e. The minimum Gasteiger partial charge on any atom is -0.456 e. The summed E-state index contributed by atoms with van der Waals surface area (Å²) >= 11 is 6.27. The minimum absolute atomic E-state index is 0.00337. The molecule has 5 nitrogen and oxygen atoms in total. The van der Waals surface area contributed by atoms with Crippen molar-refractivity contribution in [2.75, 3.05) is 19.6 Å². The van der Waals surface area contributed by atoms with Crippen LogP contribution in [0.5, 0.6) is 11.5 Å². The number of benzene rings is 1. The molecule has 1 N–H and O–H groups in total. The van der Waals surface area contributed by atoms with Crippen molar-refractivity contribution in [1.82, 2.24) is 15.2 Å².